The predicted octanol–water partition coefficient (Wildman–Crippen LogP) is 5.04. The molecule has 0 aliphatic rings. The average Bonchev–Trinajstić information content (AvgIpc) is 3.30. The number of pyridine rings is 1. The number of hydrogen-bond acceptors (Lipinski definition) is 3. The predicted molar refractivity (Wildman–Crippen MR) is 106 cm³/mol. The van der Waals surface area contributed by atoms with Crippen molar-refractivity contribution in [1.29, 1.82) is 0 Å². The highest BCUT2D eigenvalue weighted by Gasteiger charge is 2.16. The minimum atomic E-state index is -0.634. The molecular formula is C22H16F2N4O. The molecule has 0 spiro atoms. The Morgan fingerprint density at radius 3 is 2.72 bits per heavy atom. The lowest BCUT2D eigenvalue weighted by Crippen LogP contribution is -2.03. The van der Waals surface area contributed by atoms with E-state index in [-0.39, 0.29) is 12.2 Å². The number of hydrogen-bond donors (Lipinski definition) is 1. The van der Waals surface area contributed by atoms with E-state index in [0.717, 1.165) is 27.9 Å². The van der Waals surface area contributed by atoms with E-state index in [9.17, 15) is 8.78 Å². The zero-order chi connectivity index (χ0) is 20.0. The molecule has 0 saturated carbocycles. The maximum atomic E-state index is 13.9. The van der Waals surface area contributed by atoms with Gasteiger partial charge in [0.1, 0.15) is 18.2 Å². The van der Waals surface area contributed by atoms with Gasteiger partial charge in [0.05, 0.1) is 28.7 Å². The lowest BCUT2D eigenvalue weighted by molar-refractivity contribution is 0.294. The number of aromatic amines is 1. The van der Waals surface area contributed by atoms with Crippen LogP contribution in [0.4, 0.5) is 8.78 Å². The molecule has 0 atom stereocenters. The van der Waals surface area contributed by atoms with Crippen molar-refractivity contribution in [2.24, 2.45) is 0 Å². The number of benzene rings is 2. The average molecular weight is 390 g/mol. The molecule has 0 radical (unpaired) electrons. The topological polar surface area (TPSA) is 55.2 Å². The molecule has 5 aromatic rings. The summed E-state index contributed by atoms with van der Waals surface area (Å²) in [7, 11) is 0. The van der Waals surface area contributed by atoms with Crippen LogP contribution >= 0.6 is 0 Å². The largest absolute Gasteiger partial charge is 0.485 e. The number of imidazole rings is 1. The Bertz CT molecular complexity index is 1340. The number of aromatic nitrogens is 4. The second-order valence-corrected chi connectivity index (χ2v) is 6.77. The van der Waals surface area contributed by atoms with Gasteiger partial charge in [0.15, 0.2) is 11.4 Å². The second-order valence-electron chi connectivity index (χ2n) is 6.77. The van der Waals surface area contributed by atoms with Crippen LogP contribution in [0.5, 0.6) is 5.75 Å². The zero-order valence-electron chi connectivity index (χ0n) is 15.5. The standard InChI is InChI=1S/C22H16F2N4O/c1-13-21(14-7-8-19-15(10-14)11-25-27-19)28-9-3-6-20(22(28)26-13)29-12-16-17(23)4-2-5-18(16)24/h2-11H,12H2,1H3,(H,25,27). The van der Waals surface area contributed by atoms with Gasteiger partial charge in [0.2, 0.25) is 0 Å². The Morgan fingerprint density at radius 2 is 1.90 bits per heavy atom. The summed E-state index contributed by atoms with van der Waals surface area (Å²) >= 11 is 0. The summed E-state index contributed by atoms with van der Waals surface area (Å²) in [4.78, 5) is 4.64. The fraction of sp³-hybridized carbons (Fsp3) is 0.0909. The van der Waals surface area contributed by atoms with Crippen molar-refractivity contribution < 1.29 is 13.5 Å². The molecule has 2 aromatic carbocycles. The lowest BCUT2D eigenvalue weighted by Gasteiger charge is -2.10. The van der Waals surface area contributed by atoms with Gasteiger partial charge in [-0.3, -0.25) is 9.50 Å². The van der Waals surface area contributed by atoms with E-state index in [1.165, 1.54) is 18.2 Å². The van der Waals surface area contributed by atoms with Gasteiger partial charge >= 0.3 is 0 Å². The van der Waals surface area contributed by atoms with Crippen LogP contribution < -0.4 is 4.74 Å². The molecule has 3 heterocycles. The summed E-state index contributed by atoms with van der Waals surface area (Å²) in [5, 5.41) is 8.00. The van der Waals surface area contributed by atoms with Crippen molar-refractivity contribution >= 4 is 16.6 Å². The third-order valence-corrected chi connectivity index (χ3v) is 4.94. The molecule has 7 heteroatoms. The van der Waals surface area contributed by atoms with Crippen LogP contribution in [0.2, 0.25) is 0 Å². The van der Waals surface area contributed by atoms with Gasteiger partial charge in [0, 0.05) is 17.1 Å². The molecule has 0 aliphatic heterocycles. The first-order valence-corrected chi connectivity index (χ1v) is 9.08. The van der Waals surface area contributed by atoms with Crippen molar-refractivity contribution in [3.8, 4) is 17.0 Å². The summed E-state index contributed by atoms with van der Waals surface area (Å²) in [5.74, 6) is -0.815. The SMILES string of the molecule is Cc1nc2c(OCc3c(F)cccc3F)cccn2c1-c1ccc2[nH]ncc2c1. The van der Waals surface area contributed by atoms with E-state index in [1.54, 1.807) is 12.3 Å². The molecule has 0 amide bonds. The van der Waals surface area contributed by atoms with Crippen LogP contribution in [0.3, 0.4) is 0 Å². The van der Waals surface area contributed by atoms with E-state index < -0.39 is 11.6 Å². The van der Waals surface area contributed by atoms with E-state index in [2.05, 4.69) is 15.2 Å². The van der Waals surface area contributed by atoms with Crippen LogP contribution in [-0.2, 0) is 6.61 Å². The van der Waals surface area contributed by atoms with Crippen molar-refractivity contribution in [3.05, 3.63) is 83.8 Å². The number of ether oxygens (including phenoxy) is 1. The number of aryl methyl sites for hydroxylation is 1. The van der Waals surface area contributed by atoms with Crippen LogP contribution in [0.15, 0.2) is 60.9 Å². The maximum absolute atomic E-state index is 13.9. The van der Waals surface area contributed by atoms with Gasteiger partial charge < -0.3 is 4.74 Å². The van der Waals surface area contributed by atoms with Crippen LogP contribution in [-0.4, -0.2) is 19.6 Å². The first-order chi connectivity index (χ1) is 14.1. The number of nitrogens with zero attached hydrogens (tertiary/aromatic N) is 3. The number of H-pyrrole nitrogens is 1. The van der Waals surface area contributed by atoms with Crippen molar-refractivity contribution in [2.45, 2.75) is 13.5 Å². The van der Waals surface area contributed by atoms with Crippen molar-refractivity contribution in [2.75, 3.05) is 0 Å². The summed E-state index contributed by atoms with van der Waals surface area (Å²) in [6, 6.07) is 13.3. The number of halogens is 2. The molecule has 0 fully saturated rings. The van der Waals surface area contributed by atoms with Crippen LogP contribution in [0, 0.1) is 18.6 Å². The van der Waals surface area contributed by atoms with E-state index in [0.29, 0.717) is 11.4 Å². The molecule has 5 rings (SSSR count). The third kappa shape index (κ3) is 2.91. The highest BCUT2D eigenvalue weighted by Crippen LogP contribution is 2.31. The molecule has 0 bridgehead atoms. The Morgan fingerprint density at radius 1 is 1.07 bits per heavy atom. The Kier molecular flexibility index (Phi) is 4.01. The molecule has 0 saturated heterocycles. The molecule has 144 valence electrons. The monoisotopic (exact) mass is 390 g/mol. The molecule has 3 aromatic heterocycles. The first-order valence-electron chi connectivity index (χ1n) is 9.08. The minimum absolute atomic E-state index is 0.108. The van der Waals surface area contributed by atoms with Gasteiger partial charge in [-0.15, -0.1) is 0 Å². The summed E-state index contributed by atoms with van der Waals surface area (Å²) in [5.41, 5.74) is 4.16. The number of rotatable bonds is 4. The Balaban J connectivity index is 1.56. The smallest absolute Gasteiger partial charge is 0.180 e. The highest BCUT2D eigenvalue weighted by atomic mass is 19.1. The third-order valence-electron chi connectivity index (χ3n) is 4.94. The first kappa shape index (κ1) is 17.4. The molecular weight excluding hydrogens is 374 g/mol. The number of nitrogens with one attached hydrogen (secondary N) is 1. The van der Waals surface area contributed by atoms with E-state index >= 15 is 0 Å². The molecule has 0 aliphatic carbocycles. The zero-order valence-corrected chi connectivity index (χ0v) is 15.5. The number of fused-ring (bicyclic) bond motifs is 2. The van der Waals surface area contributed by atoms with Crippen molar-refractivity contribution in [1.82, 2.24) is 19.6 Å². The van der Waals surface area contributed by atoms with E-state index in [4.69, 9.17) is 4.74 Å². The fourth-order valence-electron chi connectivity index (χ4n) is 3.53. The van der Waals surface area contributed by atoms with Crippen LogP contribution in [0.25, 0.3) is 27.8 Å². The van der Waals surface area contributed by atoms with Crippen LogP contribution in [0.1, 0.15) is 11.3 Å². The molecule has 0 unspecified atom stereocenters. The second kappa shape index (κ2) is 6.70. The quantitative estimate of drug-likeness (QED) is 0.468. The Labute approximate surface area is 164 Å². The van der Waals surface area contributed by atoms with Gasteiger partial charge in [-0.1, -0.05) is 12.1 Å². The maximum Gasteiger partial charge on any atom is 0.180 e. The highest BCUT2D eigenvalue weighted by molar-refractivity contribution is 5.84. The summed E-state index contributed by atoms with van der Waals surface area (Å²) < 4.78 is 35.5. The minimum Gasteiger partial charge on any atom is -0.485 e. The molecule has 5 nitrogen and oxygen atoms in total. The van der Waals surface area contributed by atoms with E-state index in [1.807, 2.05) is 41.8 Å². The van der Waals surface area contributed by atoms with Gasteiger partial charge in [-0.25, -0.2) is 13.8 Å². The van der Waals surface area contributed by atoms with Gasteiger partial charge in [0.25, 0.3) is 0 Å². The fourth-order valence-corrected chi connectivity index (χ4v) is 3.53. The van der Waals surface area contributed by atoms with Crippen molar-refractivity contribution in [3.63, 3.8) is 0 Å². The van der Waals surface area contributed by atoms with Gasteiger partial charge in [-0.05, 0) is 43.3 Å². The Hall–Kier alpha value is -3.74. The molecule has 1 N–H and O–H groups in total. The summed E-state index contributed by atoms with van der Waals surface area (Å²) in [6.07, 6.45) is 3.66. The normalized spacial score (nSPS) is 11.4. The lowest BCUT2D eigenvalue weighted by atomic mass is 10.1. The van der Waals surface area contributed by atoms with Gasteiger partial charge in [-0.2, -0.15) is 5.10 Å². The molecule has 29 heavy (non-hydrogen) atoms. The summed E-state index contributed by atoms with van der Waals surface area (Å²) in [6.45, 7) is 1.70.